The molecule has 0 bridgehead atoms. The molecule has 1 fully saturated rings. The monoisotopic (exact) mass is 374 g/mol. The van der Waals surface area contributed by atoms with Crippen molar-refractivity contribution in [3.8, 4) is 16.9 Å². The summed E-state index contributed by atoms with van der Waals surface area (Å²) < 4.78 is 27.6. The zero-order valence-electron chi connectivity index (χ0n) is 16.2. The minimum absolute atomic E-state index is 0.0163. The Hall–Kier alpha value is -2.08. The summed E-state index contributed by atoms with van der Waals surface area (Å²) in [6.07, 6.45) is -2.47. The highest BCUT2D eigenvalue weighted by atomic mass is 35.5. The Kier molecular flexibility index (Phi) is 4.20. The van der Waals surface area contributed by atoms with E-state index in [1.807, 2.05) is 12.1 Å². The second kappa shape index (κ2) is 7.27. The maximum Gasteiger partial charge on any atom is 0.254 e. The van der Waals surface area contributed by atoms with Crippen molar-refractivity contribution in [2.75, 3.05) is 32.8 Å². The molecule has 2 aliphatic rings. The fraction of sp³-hybridized carbons (Fsp3) is 0.350. The minimum Gasteiger partial charge on any atom is -0.487 e. The van der Waals surface area contributed by atoms with Gasteiger partial charge < -0.3 is 20.1 Å². The van der Waals surface area contributed by atoms with Crippen LogP contribution in [0.15, 0.2) is 36.4 Å². The van der Waals surface area contributed by atoms with Crippen LogP contribution in [0.4, 0.5) is 0 Å². The summed E-state index contributed by atoms with van der Waals surface area (Å²) >= 11 is 6.35. The number of fused-ring (bicyclic) bond motifs is 1. The summed E-state index contributed by atoms with van der Waals surface area (Å²) in [5, 5.41) is 0.348. The molecule has 5 nitrogen and oxygen atoms in total. The molecule has 0 radical (unpaired) electrons. The van der Waals surface area contributed by atoms with Crippen molar-refractivity contribution in [3.05, 3.63) is 52.5 Å². The highest BCUT2D eigenvalue weighted by Gasteiger charge is 2.25. The van der Waals surface area contributed by atoms with Gasteiger partial charge in [-0.3, -0.25) is 4.79 Å². The summed E-state index contributed by atoms with van der Waals surface area (Å²) in [6, 6.07) is 10.7. The summed E-state index contributed by atoms with van der Waals surface area (Å²) in [6.45, 7) is 2.37. The Morgan fingerprint density at radius 3 is 2.65 bits per heavy atom. The van der Waals surface area contributed by atoms with Gasteiger partial charge in [-0.05, 0) is 35.4 Å². The second-order valence-electron chi connectivity index (χ2n) is 6.30. The van der Waals surface area contributed by atoms with E-state index in [1.165, 1.54) is 0 Å². The Bertz CT molecular complexity index is 899. The first-order valence-corrected chi connectivity index (χ1v) is 8.98. The van der Waals surface area contributed by atoms with E-state index in [4.69, 9.17) is 29.5 Å². The molecule has 0 saturated carbocycles. The summed E-state index contributed by atoms with van der Waals surface area (Å²) in [7, 11) is 0. The maximum absolute atomic E-state index is 12.6. The van der Waals surface area contributed by atoms with Gasteiger partial charge in [0.05, 0.1) is 18.2 Å². The number of carbonyl (C=O) groups excluding carboxylic acids is 1. The average molecular weight is 375 g/mol. The molecular formula is C20H21ClN2O3. The van der Waals surface area contributed by atoms with Crippen LogP contribution >= 0.6 is 11.6 Å². The first kappa shape index (κ1) is 15.0. The van der Waals surface area contributed by atoms with Crippen LogP contribution in [0.3, 0.4) is 0 Å². The van der Waals surface area contributed by atoms with E-state index in [-0.39, 0.29) is 12.5 Å². The van der Waals surface area contributed by atoms with Gasteiger partial charge in [0.2, 0.25) is 0 Å². The van der Waals surface area contributed by atoms with Crippen LogP contribution in [0.1, 0.15) is 18.7 Å². The summed E-state index contributed by atoms with van der Waals surface area (Å²) in [5.74, 6) is 0.335. The predicted molar refractivity (Wildman–Crippen MR) is 101 cm³/mol. The summed E-state index contributed by atoms with van der Waals surface area (Å²) in [5.41, 5.74) is 8.26. The molecule has 26 heavy (non-hydrogen) atoms. The van der Waals surface area contributed by atoms with Gasteiger partial charge in [-0.15, -0.1) is 0 Å². The first-order chi connectivity index (χ1) is 13.4. The minimum atomic E-state index is -1.71. The number of morpholine rings is 1. The number of hydrogen-bond donors (Lipinski definition) is 1. The number of benzene rings is 2. The van der Waals surface area contributed by atoms with Gasteiger partial charge in [0.25, 0.3) is 5.91 Å². The lowest BCUT2D eigenvalue weighted by Gasteiger charge is -2.26. The fourth-order valence-electron chi connectivity index (χ4n) is 3.19. The third-order valence-corrected chi connectivity index (χ3v) is 4.88. The van der Waals surface area contributed by atoms with Crippen LogP contribution in [0.2, 0.25) is 5.02 Å². The lowest BCUT2D eigenvalue weighted by molar-refractivity contribution is 0.0303. The zero-order chi connectivity index (χ0) is 19.9. The van der Waals surface area contributed by atoms with Crippen molar-refractivity contribution in [2.24, 2.45) is 5.73 Å². The number of rotatable bonds is 3. The van der Waals surface area contributed by atoms with E-state index in [0.717, 1.165) is 11.1 Å². The van der Waals surface area contributed by atoms with Crippen LogP contribution < -0.4 is 10.5 Å². The van der Waals surface area contributed by atoms with Gasteiger partial charge in [0.15, 0.2) is 0 Å². The number of hydrogen-bond acceptors (Lipinski definition) is 4. The molecule has 0 spiro atoms. The van der Waals surface area contributed by atoms with Crippen LogP contribution in [0, 0.1) is 0 Å². The summed E-state index contributed by atoms with van der Waals surface area (Å²) in [4.78, 5) is 14.4. The molecule has 1 saturated heterocycles. The zero-order valence-corrected chi connectivity index (χ0v) is 15.0. The number of nitrogens with two attached hydrogens (primary N) is 1. The van der Waals surface area contributed by atoms with Crippen LogP contribution in [0.25, 0.3) is 11.1 Å². The van der Waals surface area contributed by atoms with E-state index >= 15 is 0 Å². The third-order valence-electron chi connectivity index (χ3n) is 4.60. The standard InChI is InChI=1S/C20H21ClN2O3/c21-18-11-15(9-16-10-17(12-22)26-19(16)18)13-1-3-14(4-2-13)20(24)23-5-7-25-8-6-23/h1-4,9,11,17H,5-8,10,12,22H2/i10D2. The lowest BCUT2D eigenvalue weighted by Crippen LogP contribution is -2.40. The Morgan fingerprint density at radius 2 is 1.96 bits per heavy atom. The van der Waals surface area contributed by atoms with Gasteiger partial charge >= 0.3 is 0 Å². The maximum atomic E-state index is 12.6. The van der Waals surface area contributed by atoms with Gasteiger partial charge in [0.1, 0.15) is 11.9 Å². The average Bonchev–Trinajstić information content (AvgIpc) is 2.99. The molecule has 1 unspecified atom stereocenters. The molecular weight excluding hydrogens is 352 g/mol. The molecule has 2 heterocycles. The largest absolute Gasteiger partial charge is 0.487 e. The molecule has 0 aliphatic carbocycles. The Balaban J connectivity index is 1.62. The molecule has 1 atom stereocenters. The molecule has 2 aromatic carbocycles. The van der Waals surface area contributed by atoms with Gasteiger partial charge in [-0.1, -0.05) is 23.7 Å². The van der Waals surface area contributed by atoms with Crippen LogP contribution in [0.5, 0.6) is 5.75 Å². The number of nitrogens with zero attached hydrogens (tertiary/aromatic N) is 1. The second-order valence-corrected chi connectivity index (χ2v) is 6.71. The fourth-order valence-corrected chi connectivity index (χ4v) is 3.46. The van der Waals surface area contributed by atoms with Crippen molar-refractivity contribution in [3.63, 3.8) is 0 Å². The normalized spacial score (nSPS) is 22.2. The third kappa shape index (κ3) is 3.30. The Morgan fingerprint density at radius 1 is 1.23 bits per heavy atom. The quantitative estimate of drug-likeness (QED) is 0.897. The van der Waals surface area contributed by atoms with Crippen molar-refractivity contribution >= 4 is 17.5 Å². The SMILES string of the molecule is [2H]C1([2H])c2cc(-c3ccc(C(=O)N4CCOCC4)cc3)cc(Cl)c2OC1CN. The van der Waals surface area contributed by atoms with Crippen molar-refractivity contribution in [1.29, 1.82) is 0 Å². The Labute approximate surface area is 160 Å². The van der Waals surface area contributed by atoms with Gasteiger partial charge in [-0.25, -0.2) is 0 Å². The predicted octanol–water partition coefficient (Wildman–Crippen LogP) is 2.74. The first-order valence-electron chi connectivity index (χ1n) is 9.60. The highest BCUT2D eigenvalue weighted by Crippen LogP contribution is 2.39. The van der Waals surface area contributed by atoms with Crippen molar-refractivity contribution in [2.45, 2.75) is 12.5 Å². The molecule has 1 amide bonds. The van der Waals surface area contributed by atoms with E-state index in [0.29, 0.717) is 48.2 Å². The molecule has 2 aliphatic heterocycles. The molecule has 0 aromatic heterocycles. The van der Waals surface area contributed by atoms with Gasteiger partial charge in [0, 0.05) is 39.9 Å². The molecule has 2 aromatic rings. The smallest absolute Gasteiger partial charge is 0.254 e. The van der Waals surface area contributed by atoms with Gasteiger partial charge in [-0.2, -0.15) is 0 Å². The van der Waals surface area contributed by atoms with Crippen molar-refractivity contribution in [1.82, 2.24) is 4.90 Å². The van der Waals surface area contributed by atoms with Crippen LogP contribution in [-0.4, -0.2) is 49.8 Å². The number of amides is 1. The topological polar surface area (TPSA) is 64.8 Å². The van der Waals surface area contributed by atoms with Crippen molar-refractivity contribution < 1.29 is 17.0 Å². The number of halogens is 1. The molecule has 6 heteroatoms. The molecule has 4 rings (SSSR count). The number of ether oxygens (including phenoxy) is 2. The van der Waals surface area contributed by atoms with Crippen LogP contribution in [-0.2, 0) is 11.1 Å². The van der Waals surface area contributed by atoms with E-state index in [2.05, 4.69) is 0 Å². The van der Waals surface area contributed by atoms with E-state index < -0.39 is 12.5 Å². The number of carbonyl (C=O) groups is 1. The molecule has 2 N–H and O–H groups in total. The highest BCUT2D eigenvalue weighted by molar-refractivity contribution is 6.32. The lowest BCUT2D eigenvalue weighted by atomic mass is 9.99. The molecule has 136 valence electrons. The van der Waals surface area contributed by atoms with E-state index in [1.54, 1.807) is 29.2 Å². The van der Waals surface area contributed by atoms with E-state index in [9.17, 15) is 4.79 Å².